The molecule has 1 aliphatic carbocycles. The molecule has 28 heavy (non-hydrogen) atoms. The lowest BCUT2D eigenvalue weighted by Gasteiger charge is -2.46. The van der Waals surface area contributed by atoms with Crippen LogP contribution in [0.15, 0.2) is 30.3 Å². The van der Waals surface area contributed by atoms with Crippen molar-refractivity contribution < 1.29 is 14.3 Å². The summed E-state index contributed by atoms with van der Waals surface area (Å²) in [7, 11) is 1.84. The maximum absolute atomic E-state index is 13.3. The van der Waals surface area contributed by atoms with E-state index in [1.165, 1.54) is 12.1 Å². The Morgan fingerprint density at radius 3 is 2.57 bits per heavy atom. The molecule has 3 aromatic rings. The van der Waals surface area contributed by atoms with E-state index in [4.69, 9.17) is 4.98 Å². The number of amides is 1. The zero-order chi connectivity index (χ0) is 19.6. The van der Waals surface area contributed by atoms with Gasteiger partial charge in [-0.2, -0.15) is 5.10 Å². The van der Waals surface area contributed by atoms with Crippen molar-refractivity contribution in [1.29, 1.82) is 0 Å². The van der Waals surface area contributed by atoms with Crippen molar-refractivity contribution in [2.75, 3.05) is 13.1 Å². The number of benzene rings is 1. The standard InChI is InChI=1S/C21H21FN4O2/c1-12-18-16(9-17(13-3-4-13)23-19(18)25(2)24-12)20(27)26-10-21(28,11-26)14-5-7-15(22)8-6-14/h5-9,13,28H,3-4,10-11H2,1-2H3. The van der Waals surface area contributed by atoms with E-state index in [1.807, 2.05) is 20.0 Å². The van der Waals surface area contributed by atoms with Gasteiger partial charge in [-0.3, -0.25) is 9.48 Å². The SMILES string of the molecule is Cc1nn(C)c2nc(C3CC3)cc(C(=O)N3CC(O)(c4ccc(F)cc4)C3)c12. The minimum Gasteiger partial charge on any atom is -0.381 e. The maximum Gasteiger partial charge on any atom is 0.254 e. The zero-order valence-electron chi connectivity index (χ0n) is 15.8. The van der Waals surface area contributed by atoms with Gasteiger partial charge in [-0.1, -0.05) is 12.1 Å². The summed E-state index contributed by atoms with van der Waals surface area (Å²) in [4.78, 5) is 19.6. The maximum atomic E-state index is 13.3. The summed E-state index contributed by atoms with van der Waals surface area (Å²) in [6.07, 6.45) is 2.19. The molecule has 6 nitrogen and oxygen atoms in total. The highest BCUT2D eigenvalue weighted by Gasteiger charge is 2.45. The Morgan fingerprint density at radius 2 is 1.93 bits per heavy atom. The number of nitrogens with zero attached hydrogens (tertiary/aromatic N) is 4. The van der Waals surface area contributed by atoms with Crippen molar-refractivity contribution >= 4 is 16.9 Å². The average Bonchev–Trinajstić information content (AvgIpc) is 3.45. The Labute approximate surface area is 161 Å². The van der Waals surface area contributed by atoms with Crippen molar-refractivity contribution in [3.8, 4) is 0 Å². The first-order valence-corrected chi connectivity index (χ1v) is 9.48. The number of rotatable bonds is 3. The van der Waals surface area contributed by atoms with Gasteiger partial charge in [0.05, 0.1) is 29.7 Å². The molecule has 0 atom stereocenters. The molecule has 7 heteroatoms. The fourth-order valence-corrected chi connectivity index (χ4v) is 4.06. The molecule has 0 radical (unpaired) electrons. The van der Waals surface area contributed by atoms with Crippen LogP contribution in [0.5, 0.6) is 0 Å². The minimum atomic E-state index is -1.14. The van der Waals surface area contributed by atoms with Gasteiger partial charge in [0, 0.05) is 18.7 Å². The number of β-amino-alcohol motifs (C(OH)–C–C–N with tert-alkyl or cyclic N) is 1. The van der Waals surface area contributed by atoms with E-state index < -0.39 is 5.60 Å². The molecule has 1 amide bonds. The van der Waals surface area contributed by atoms with Crippen LogP contribution in [0.25, 0.3) is 11.0 Å². The van der Waals surface area contributed by atoms with Gasteiger partial charge < -0.3 is 10.0 Å². The number of aryl methyl sites for hydroxylation is 2. The molecule has 1 saturated heterocycles. The van der Waals surface area contributed by atoms with Crippen LogP contribution >= 0.6 is 0 Å². The van der Waals surface area contributed by atoms with E-state index in [0.29, 0.717) is 17.0 Å². The highest BCUT2D eigenvalue weighted by atomic mass is 19.1. The van der Waals surface area contributed by atoms with Gasteiger partial charge in [-0.15, -0.1) is 0 Å². The summed E-state index contributed by atoms with van der Waals surface area (Å²) in [5.41, 5.74) is 2.50. The van der Waals surface area contributed by atoms with Crippen LogP contribution in [-0.4, -0.2) is 43.8 Å². The molecule has 2 aromatic heterocycles. The molecule has 144 valence electrons. The molecule has 2 fully saturated rings. The first-order chi connectivity index (χ1) is 13.4. The number of pyridine rings is 1. The summed E-state index contributed by atoms with van der Waals surface area (Å²) < 4.78 is 14.9. The van der Waals surface area contributed by atoms with Gasteiger partial charge in [-0.25, -0.2) is 9.37 Å². The van der Waals surface area contributed by atoms with Crippen molar-refractivity contribution in [2.24, 2.45) is 7.05 Å². The number of aromatic nitrogens is 3. The second-order valence-electron chi connectivity index (χ2n) is 7.98. The predicted molar refractivity (Wildman–Crippen MR) is 101 cm³/mol. The zero-order valence-corrected chi connectivity index (χ0v) is 15.8. The third-order valence-electron chi connectivity index (χ3n) is 5.79. The van der Waals surface area contributed by atoms with Gasteiger partial charge >= 0.3 is 0 Å². The lowest BCUT2D eigenvalue weighted by atomic mass is 9.85. The Kier molecular flexibility index (Phi) is 3.61. The smallest absolute Gasteiger partial charge is 0.254 e. The molecule has 1 aliphatic heterocycles. The molecular formula is C21H21FN4O2. The van der Waals surface area contributed by atoms with Gasteiger partial charge in [0.1, 0.15) is 11.4 Å². The molecule has 1 saturated carbocycles. The molecule has 0 spiro atoms. The van der Waals surface area contributed by atoms with E-state index in [1.54, 1.807) is 21.7 Å². The monoisotopic (exact) mass is 380 g/mol. The summed E-state index contributed by atoms with van der Waals surface area (Å²) in [5.74, 6) is -0.0608. The van der Waals surface area contributed by atoms with E-state index >= 15 is 0 Å². The molecule has 1 aromatic carbocycles. The van der Waals surface area contributed by atoms with Crippen LogP contribution in [0.4, 0.5) is 4.39 Å². The van der Waals surface area contributed by atoms with Crippen LogP contribution in [0.2, 0.25) is 0 Å². The fourth-order valence-electron chi connectivity index (χ4n) is 4.06. The number of carbonyl (C=O) groups is 1. The molecule has 0 unspecified atom stereocenters. The molecule has 5 rings (SSSR count). The van der Waals surface area contributed by atoms with Crippen LogP contribution in [0.3, 0.4) is 0 Å². The van der Waals surface area contributed by atoms with Gasteiger partial charge in [0.25, 0.3) is 5.91 Å². The third kappa shape index (κ3) is 2.61. The Bertz CT molecular complexity index is 1100. The summed E-state index contributed by atoms with van der Waals surface area (Å²) in [6, 6.07) is 7.68. The van der Waals surface area contributed by atoms with Crippen molar-refractivity contribution in [1.82, 2.24) is 19.7 Å². The molecule has 3 heterocycles. The number of aliphatic hydroxyl groups is 1. The van der Waals surface area contributed by atoms with Crippen LogP contribution in [0.1, 0.15) is 46.1 Å². The van der Waals surface area contributed by atoms with Crippen LogP contribution < -0.4 is 0 Å². The van der Waals surface area contributed by atoms with Crippen LogP contribution in [-0.2, 0) is 12.6 Å². The largest absolute Gasteiger partial charge is 0.381 e. The highest BCUT2D eigenvalue weighted by molar-refractivity contribution is 6.07. The molecule has 2 aliphatic rings. The van der Waals surface area contributed by atoms with E-state index in [-0.39, 0.29) is 24.8 Å². The number of hydrogen-bond acceptors (Lipinski definition) is 4. The first kappa shape index (κ1) is 17.3. The third-order valence-corrected chi connectivity index (χ3v) is 5.79. The van der Waals surface area contributed by atoms with Gasteiger partial charge in [0.15, 0.2) is 5.65 Å². The Balaban J connectivity index is 1.48. The average molecular weight is 380 g/mol. The Hall–Kier alpha value is -2.80. The summed E-state index contributed by atoms with van der Waals surface area (Å²) in [6.45, 7) is 2.24. The van der Waals surface area contributed by atoms with E-state index in [0.717, 1.165) is 35.3 Å². The van der Waals surface area contributed by atoms with E-state index in [9.17, 15) is 14.3 Å². The van der Waals surface area contributed by atoms with Crippen molar-refractivity contribution in [3.05, 3.63) is 58.7 Å². The lowest BCUT2D eigenvalue weighted by molar-refractivity contribution is -0.0863. The minimum absolute atomic E-state index is 0.128. The molecule has 0 bridgehead atoms. The first-order valence-electron chi connectivity index (χ1n) is 9.48. The second-order valence-corrected chi connectivity index (χ2v) is 7.98. The number of likely N-dealkylation sites (tertiary alicyclic amines) is 1. The van der Waals surface area contributed by atoms with Crippen LogP contribution in [0, 0.1) is 12.7 Å². The van der Waals surface area contributed by atoms with Crippen molar-refractivity contribution in [3.63, 3.8) is 0 Å². The lowest BCUT2D eigenvalue weighted by Crippen LogP contribution is -2.61. The van der Waals surface area contributed by atoms with Gasteiger partial charge in [-0.05, 0) is 43.5 Å². The topological polar surface area (TPSA) is 71.2 Å². The Morgan fingerprint density at radius 1 is 1.25 bits per heavy atom. The highest BCUT2D eigenvalue weighted by Crippen LogP contribution is 2.41. The second kappa shape index (κ2) is 5.85. The normalized spacial score (nSPS) is 18.4. The summed E-state index contributed by atoms with van der Waals surface area (Å²) in [5, 5.41) is 16.0. The van der Waals surface area contributed by atoms with Gasteiger partial charge in [0.2, 0.25) is 0 Å². The number of carbonyl (C=O) groups excluding carboxylic acids is 1. The molecular weight excluding hydrogens is 359 g/mol. The summed E-state index contributed by atoms with van der Waals surface area (Å²) >= 11 is 0. The van der Waals surface area contributed by atoms with E-state index in [2.05, 4.69) is 5.10 Å². The van der Waals surface area contributed by atoms with Crippen molar-refractivity contribution in [2.45, 2.75) is 31.3 Å². The predicted octanol–water partition coefficient (Wildman–Crippen LogP) is 2.64. The molecule has 1 N–H and O–H groups in total. The fraction of sp³-hybridized carbons (Fsp3) is 0.381. The number of fused-ring (bicyclic) bond motifs is 1. The number of hydrogen-bond donors (Lipinski definition) is 1. The quantitative estimate of drug-likeness (QED) is 0.758. The number of halogens is 1.